The molecular weight excluding hydrogens is 307 g/mol. The quantitative estimate of drug-likeness (QED) is 0.785. The van der Waals surface area contributed by atoms with Crippen molar-refractivity contribution < 1.29 is 4.57 Å². The van der Waals surface area contributed by atoms with E-state index in [9.17, 15) is 4.57 Å². The first-order valence-electron chi connectivity index (χ1n) is 8.21. The van der Waals surface area contributed by atoms with Crippen LogP contribution in [0, 0.1) is 0 Å². The van der Waals surface area contributed by atoms with Gasteiger partial charge in [0.2, 0.25) is 0 Å². The van der Waals surface area contributed by atoms with E-state index in [1.807, 2.05) is 25.5 Å². The Bertz CT molecular complexity index is 602. The third kappa shape index (κ3) is 4.04. The van der Waals surface area contributed by atoms with Crippen molar-refractivity contribution in [1.29, 1.82) is 0 Å². The van der Waals surface area contributed by atoms with Gasteiger partial charge >= 0.3 is 0 Å². The summed E-state index contributed by atoms with van der Waals surface area (Å²) < 4.78 is 12.1. The summed E-state index contributed by atoms with van der Waals surface area (Å²) in [4.78, 5) is 4.63. The smallest absolute Gasteiger partial charge is 0.109 e. The number of piperazine rings is 1. The minimum absolute atomic E-state index is 0.871. The Morgan fingerprint density at radius 1 is 0.957 bits per heavy atom. The Morgan fingerprint density at radius 3 is 2.22 bits per heavy atom. The molecule has 126 valence electrons. The number of benzene rings is 1. The molecule has 0 radical (unpaired) electrons. The lowest BCUT2D eigenvalue weighted by molar-refractivity contribution is -0.0459. The molecule has 2 aliphatic heterocycles. The van der Waals surface area contributed by atoms with Crippen LogP contribution in [0.4, 0.5) is 5.69 Å². The monoisotopic (exact) mass is 334 g/mol. The van der Waals surface area contributed by atoms with Gasteiger partial charge in [-0.15, -0.1) is 0 Å². The number of rotatable bonds is 3. The molecule has 0 spiro atoms. The summed E-state index contributed by atoms with van der Waals surface area (Å²) in [7, 11) is 0.00417. The standard InChI is InChI=1S/C17H27N4OP/c1-18-11-13-20(14-12-18)21-10-4-9-19(15-21)16-5-7-17(8-6-16)23(2,3)22/h4-9H,10-15H2,1-3H3. The predicted octanol–water partition coefficient (Wildman–Crippen LogP) is 1.69. The number of hydrazine groups is 1. The molecule has 1 aromatic rings. The van der Waals surface area contributed by atoms with Crippen LogP contribution in [0.15, 0.2) is 36.5 Å². The van der Waals surface area contributed by atoms with E-state index >= 15 is 0 Å². The van der Waals surface area contributed by atoms with Crippen LogP contribution >= 0.6 is 7.14 Å². The summed E-state index contributed by atoms with van der Waals surface area (Å²) in [5.41, 5.74) is 1.15. The SMILES string of the molecule is CN1CCN(N2CC=CN(c3ccc(P(C)(C)=O)cc3)C2)CC1. The van der Waals surface area contributed by atoms with Crippen molar-refractivity contribution in [3.8, 4) is 0 Å². The molecule has 5 nitrogen and oxygen atoms in total. The first kappa shape index (κ1) is 16.7. The molecule has 0 atom stereocenters. The molecule has 0 saturated carbocycles. The van der Waals surface area contributed by atoms with E-state index in [4.69, 9.17) is 0 Å². The summed E-state index contributed by atoms with van der Waals surface area (Å²) in [5, 5.41) is 5.81. The van der Waals surface area contributed by atoms with Crippen LogP contribution in [-0.4, -0.2) is 74.7 Å². The highest BCUT2D eigenvalue weighted by Crippen LogP contribution is 2.35. The van der Waals surface area contributed by atoms with Crippen molar-refractivity contribution in [3.05, 3.63) is 36.5 Å². The minimum Gasteiger partial charge on any atom is -0.334 e. The molecule has 23 heavy (non-hydrogen) atoms. The van der Waals surface area contributed by atoms with Gasteiger partial charge in [0.05, 0.1) is 6.67 Å². The maximum Gasteiger partial charge on any atom is 0.109 e. The Balaban J connectivity index is 1.68. The van der Waals surface area contributed by atoms with Crippen molar-refractivity contribution in [2.45, 2.75) is 0 Å². The van der Waals surface area contributed by atoms with Crippen LogP contribution in [0.1, 0.15) is 0 Å². The van der Waals surface area contributed by atoms with Gasteiger partial charge in [-0.05, 0) is 44.6 Å². The maximum atomic E-state index is 12.1. The van der Waals surface area contributed by atoms with E-state index < -0.39 is 7.14 Å². The topological polar surface area (TPSA) is 30.0 Å². The zero-order valence-electron chi connectivity index (χ0n) is 14.4. The van der Waals surface area contributed by atoms with Gasteiger partial charge in [-0.3, -0.25) is 0 Å². The molecular formula is C17H27N4OP. The van der Waals surface area contributed by atoms with E-state index in [2.05, 4.69) is 51.3 Å². The van der Waals surface area contributed by atoms with Crippen LogP contribution in [0.3, 0.4) is 0 Å². The summed E-state index contributed by atoms with van der Waals surface area (Å²) in [5.74, 6) is 0. The number of hydrogen-bond acceptors (Lipinski definition) is 5. The lowest BCUT2D eigenvalue weighted by Crippen LogP contribution is -2.56. The molecule has 1 fully saturated rings. The van der Waals surface area contributed by atoms with Gasteiger partial charge in [0.15, 0.2) is 0 Å². The molecule has 0 amide bonds. The van der Waals surface area contributed by atoms with Gasteiger partial charge < -0.3 is 14.4 Å². The van der Waals surface area contributed by atoms with E-state index in [0.717, 1.165) is 50.4 Å². The summed E-state index contributed by atoms with van der Waals surface area (Å²) >= 11 is 0. The van der Waals surface area contributed by atoms with Crippen molar-refractivity contribution in [1.82, 2.24) is 14.9 Å². The van der Waals surface area contributed by atoms with E-state index in [1.165, 1.54) is 0 Å². The Hall–Kier alpha value is -1.13. The van der Waals surface area contributed by atoms with Crippen LogP contribution in [0.5, 0.6) is 0 Å². The molecule has 2 aliphatic rings. The van der Waals surface area contributed by atoms with Gasteiger partial charge in [-0.1, -0.05) is 6.08 Å². The lowest BCUT2D eigenvalue weighted by Gasteiger charge is -2.43. The first-order valence-corrected chi connectivity index (χ1v) is 10.8. The van der Waals surface area contributed by atoms with Crippen molar-refractivity contribution in [3.63, 3.8) is 0 Å². The summed E-state index contributed by atoms with van der Waals surface area (Å²) in [6.45, 7) is 9.90. The van der Waals surface area contributed by atoms with Crippen LogP contribution < -0.4 is 10.2 Å². The highest BCUT2D eigenvalue weighted by molar-refractivity contribution is 7.70. The second-order valence-corrected chi connectivity index (χ2v) is 10.0. The van der Waals surface area contributed by atoms with Crippen molar-refractivity contribution >= 4 is 18.1 Å². The fourth-order valence-corrected chi connectivity index (χ4v) is 3.90. The maximum absolute atomic E-state index is 12.1. The van der Waals surface area contributed by atoms with E-state index in [1.54, 1.807) is 0 Å². The predicted molar refractivity (Wildman–Crippen MR) is 97.8 cm³/mol. The van der Waals surface area contributed by atoms with Crippen LogP contribution in [-0.2, 0) is 4.57 Å². The molecule has 6 heteroatoms. The lowest BCUT2D eigenvalue weighted by atomic mass is 10.3. The summed E-state index contributed by atoms with van der Waals surface area (Å²) in [6, 6.07) is 8.15. The molecule has 3 rings (SSSR count). The van der Waals surface area contributed by atoms with Crippen molar-refractivity contribution in [2.75, 3.05) is 64.7 Å². The number of anilines is 1. The Labute approximate surface area is 139 Å². The highest BCUT2D eigenvalue weighted by atomic mass is 31.2. The average Bonchev–Trinajstić information content (AvgIpc) is 2.55. The van der Waals surface area contributed by atoms with Gasteiger partial charge in [0, 0.05) is 49.9 Å². The van der Waals surface area contributed by atoms with Gasteiger partial charge in [-0.2, -0.15) is 0 Å². The normalized spacial score (nSPS) is 21.8. The highest BCUT2D eigenvalue weighted by Gasteiger charge is 2.23. The van der Waals surface area contributed by atoms with Gasteiger partial charge in [-0.25, -0.2) is 10.0 Å². The number of likely N-dealkylation sites (N-methyl/N-ethyl adjacent to an activating group) is 1. The summed E-state index contributed by atoms with van der Waals surface area (Å²) in [6.07, 6.45) is 4.36. The van der Waals surface area contributed by atoms with E-state index in [0.29, 0.717) is 0 Å². The molecule has 0 aromatic heterocycles. The fourth-order valence-electron chi connectivity index (χ4n) is 3.03. The zero-order chi connectivity index (χ0) is 16.4. The molecule has 0 bridgehead atoms. The number of hydrogen-bond donors (Lipinski definition) is 0. The van der Waals surface area contributed by atoms with Crippen molar-refractivity contribution in [2.24, 2.45) is 0 Å². The van der Waals surface area contributed by atoms with E-state index in [-0.39, 0.29) is 0 Å². The molecule has 1 saturated heterocycles. The molecule has 0 N–H and O–H groups in total. The Morgan fingerprint density at radius 2 is 1.61 bits per heavy atom. The zero-order valence-corrected chi connectivity index (χ0v) is 15.2. The Kier molecular flexibility index (Phi) is 4.93. The fraction of sp³-hybridized carbons (Fsp3) is 0.529. The average molecular weight is 334 g/mol. The van der Waals surface area contributed by atoms with Crippen LogP contribution in [0.25, 0.3) is 0 Å². The largest absolute Gasteiger partial charge is 0.334 e. The molecule has 1 aromatic carbocycles. The van der Waals surface area contributed by atoms with Gasteiger partial charge in [0.25, 0.3) is 0 Å². The third-order valence-corrected chi connectivity index (χ3v) is 6.14. The molecule has 0 aliphatic carbocycles. The molecule has 0 unspecified atom stereocenters. The molecule has 2 heterocycles. The second-order valence-electron chi connectivity index (χ2n) is 6.81. The second kappa shape index (κ2) is 6.78. The third-order valence-electron chi connectivity index (χ3n) is 4.60. The van der Waals surface area contributed by atoms with Gasteiger partial charge in [0.1, 0.15) is 7.14 Å². The number of nitrogens with zero attached hydrogens (tertiary/aromatic N) is 4. The van der Waals surface area contributed by atoms with Crippen LogP contribution in [0.2, 0.25) is 0 Å². The first-order chi connectivity index (χ1) is 10.9. The minimum atomic E-state index is -2.18.